The van der Waals surface area contributed by atoms with Crippen LogP contribution in [0, 0.1) is 5.92 Å². The van der Waals surface area contributed by atoms with Crippen molar-refractivity contribution in [1.82, 2.24) is 15.5 Å². The van der Waals surface area contributed by atoms with Crippen LogP contribution in [0.5, 0.6) is 0 Å². The molecule has 0 aliphatic carbocycles. The molecule has 1 atom stereocenters. The van der Waals surface area contributed by atoms with Crippen LogP contribution in [0.2, 0.25) is 0 Å². The average Bonchev–Trinajstić information content (AvgIpc) is 2.62. The maximum atomic E-state index is 12.0. The summed E-state index contributed by atoms with van der Waals surface area (Å²) < 4.78 is 0. The fourth-order valence-electron chi connectivity index (χ4n) is 3.17. The van der Waals surface area contributed by atoms with Crippen molar-refractivity contribution in [3.63, 3.8) is 0 Å². The molecule has 4 nitrogen and oxygen atoms in total. The Kier molecular flexibility index (Phi) is 5.45. The molecule has 0 bridgehead atoms. The molecule has 2 rings (SSSR count). The number of rotatable bonds is 4. The number of amides is 1. The van der Waals surface area contributed by atoms with Crippen LogP contribution in [-0.2, 0) is 4.79 Å². The van der Waals surface area contributed by atoms with Gasteiger partial charge in [-0.15, -0.1) is 0 Å². The molecule has 104 valence electrons. The van der Waals surface area contributed by atoms with Gasteiger partial charge in [-0.1, -0.05) is 0 Å². The third-order valence-corrected chi connectivity index (χ3v) is 4.40. The fourth-order valence-corrected chi connectivity index (χ4v) is 3.17. The zero-order valence-electron chi connectivity index (χ0n) is 11.6. The zero-order chi connectivity index (χ0) is 12.8. The van der Waals surface area contributed by atoms with Gasteiger partial charge in [-0.05, 0) is 71.1 Å². The van der Waals surface area contributed by atoms with Crippen LogP contribution in [0.3, 0.4) is 0 Å². The Labute approximate surface area is 110 Å². The highest BCUT2D eigenvalue weighted by molar-refractivity contribution is 5.81. The van der Waals surface area contributed by atoms with Crippen molar-refractivity contribution in [2.75, 3.05) is 33.2 Å². The van der Waals surface area contributed by atoms with E-state index < -0.39 is 0 Å². The Morgan fingerprint density at radius 2 is 2.06 bits per heavy atom. The molecule has 0 aromatic rings. The molecule has 1 unspecified atom stereocenters. The van der Waals surface area contributed by atoms with Crippen LogP contribution in [0.15, 0.2) is 0 Å². The van der Waals surface area contributed by atoms with Gasteiger partial charge in [0.25, 0.3) is 0 Å². The van der Waals surface area contributed by atoms with Crippen LogP contribution < -0.4 is 10.6 Å². The van der Waals surface area contributed by atoms with Crippen LogP contribution in [0.1, 0.15) is 38.5 Å². The van der Waals surface area contributed by atoms with Crippen molar-refractivity contribution in [2.24, 2.45) is 5.92 Å². The molecule has 2 aliphatic rings. The van der Waals surface area contributed by atoms with E-state index in [0.29, 0.717) is 0 Å². The molecule has 4 heteroatoms. The number of hydrogen-bond acceptors (Lipinski definition) is 3. The number of carbonyl (C=O) groups is 1. The Morgan fingerprint density at radius 3 is 2.78 bits per heavy atom. The van der Waals surface area contributed by atoms with Crippen LogP contribution in [0.25, 0.3) is 0 Å². The van der Waals surface area contributed by atoms with Crippen molar-refractivity contribution in [2.45, 2.75) is 44.6 Å². The number of piperidine rings is 1. The highest BCUT2D eigenvalue weighted by atomic mass is 16.2. The van der Waals surface area contributed by atoms with Gasteiger partial charge in [0.1, 0.15) is 0 Å². The molecule has 2 fully saturated rings. The Balaban J connectivity index is 1.79. The number of nitrogens with one attached hydrogen (secondary N) is 2. The second kappa shape index (κ2) is 7.10. The molecule has 2 saturated heterocycles. The van der Waals surface area contributed by atoms with E-state index in [1.54, 1.807) is 0 Å². The van der Waals surface area contributed by atoms with Gasteiger partial charge >= 0.3 is 0 Å². The highest BCUT2D eigenvalue weighted by Gasteiger charge is 2.30. The van der Waals surface area contributed by atoms with Crippen LogP contribution in [-0.4, -0.2) is 50.1 Å². The van der Waals surface area contributed by atoms with Gasteiger partial charge in [0, 0.05) is 6.54 Å². The lowest BCUT2D eigenvalue weighted by Crippen LogP contribution is -2.49. The first kappa shape index (κ1) is 13.8. The summed E-state index contributed by atoms with van der Waals surface area (Å²) in [4.78, 5) is 14.4. The normalized spacial score (nSPS) is 27.8. The van der Waals surface area contributed by atoms with Gasteiger partial charge < -0.3 is 10.6 Å². The number of hydrogen-bond donors (Lipinski definition) is 2. The Morgan fingerprint density at radius 1 is 1.28 bits per heavy atom. The Hall–Kier alpha value is -0.610. The van der Waals surface area contributed by atoms with E-state index in [4.69, 9.17) is 0 Å². The maximum Gasteiger partial charge on any atom is 0.237 e. The first-order chi connectivity index (χ1) is 8.81. The molecular weight excluding hydrogens is 226 g/mol. The minimum absolute atomic E-state index is 0.151. The largest absolute Gasteiger partial charge is 0.355 e. The predicted octanol–water partition coefficient (Wildman–Crippen LogP) is 0.977. The molecule has 2 N–H and O–H groups in total. The van der Waals surface area contributed by atoms with Crippen LogP contribution >= 0.6 is 0 Å². The van der Waals surface area contributed by atoms with Gasteiger partial charge in [-0.3, -0.25) is 9.69 Å². The SMILES string of the molecule is CNCCC1CCN(C2CCCCNC2=O)CC1. The lowest BCUT2D eigenvalue weighted by Gasteiger charge is -2.36. The van der Waals surface area contributed by atoms with E-state index in [2.05, 4.69) is 15.5 Å². The summed E-state index contributed by atoms with van der Waals surface area (Å²) in [5, 5.41) is 6.27. The van der Waals surface area contributed by atoms with Gasteiger partial charge in [-0.25, -0.2) is 0 Å². The minimum atomic E-state index is 0.151. The van der Waals surface area contributed by atoms with Gasteiger partial charge in [0.2, 0.25) is 5.91 Å². The van der Waals surface area contributed by atoms with Crippen molar-refractivity contribution in [3.8, 4) is 0 Å². The number of nitrogens with zero attached hydrogens (tertiary/aromatic N) is 1. The average molecular weight is 253 g/mol. The molecular formula is C14H27N3O. The molecule has 0 spiro atoms. The van der Waals surface area contributed by atoms with Gasteiger partial charge in [-0.2, -0.15) is 0 Å². The maximum absolute atomic E-state index is 12.0. The van der Waals surface area contributed by atoms with Crippen molar-refractivity contribution < 1.29 is 4.79 Å². The fraction of sp³-hybridized carbons (Fsp3) is 0.929. The van der Waals surface area contributed by atoms with Gasteiger partial charge in [0.05, 0.1) is 6.04 Å². The molecule has 0 saturated carbocycles. The number of likely N-dealkylation sites (tertiary alicyclic amines) is 1. The molecule has 2 aliphatic heterocycles. The molecule has 2 heterocycles. The summed E-state index contributed by atoms with van der Waals surface area (Å²) in [6.07, 6.45) is 7.16. The predicted molar refractivity (Wildman–Crippen MR) is 73.5 cm³/mol. The third kappa shape index (κ3) is 3.69. The quantitative estimate of drug-likeness (QED) is 0.785. The second-order valence-corrected chi connectivity index (χ2v) is 5.67. The van der Waals surface area contributed by atoms with Crippen molar-refractivity contribution in [3.05, 3.63) is 0 Å². The Bertz CT molecular complexity index is 262. The van der Waals surface area contributed by atoms with E-state index in [9.17, 15) is 4.79 Å². The lowest BCUT2D eigenvalue weighted by atomic mass is 9.92. The third-order valence-electron chi connectivity index (χ3n) is 4.40. The topological polar surface area (TPSA) is 44.4 Å². The summed E-state index contributed by atoms with van der Waals surface area (Å²) in [6.45, 7) is 4.20. The molecule has 0 aromatic heterocycles. The second-order valence-electron chi connectivity index (χ2n) is 5.67. The van der Waals surface area contributed by atoms with E-state index in [1.807, 2.05) is 7.05 Å². The first-order valence-corrected chi connectivity index (χ1v) is 7.47. The highest BCUT2D eigenvalue weighted by Crippen LogP contribution is 2.23. The minimum Gasteiger partial charge on any atom is -0.355 e. The van der Waals surface area contributed by atoms with E-state index >= 15 is 0 Å². The lowest BCUT2D eigenvalue weighted by molar-refractivity contribution is -0.126. The van der Waals surface area contributed by atoms with E-state index in [0.717, 1.165) is 44.9 Å². The molecule has 0 radical (unpaired) electrons. The van der Waals surface area contributed by atoms with Gasteiger partial charge in [0.15, 0.2) is 0 Å². The zero-order valence-corrected chi connectivity index (χ0v) is 11.6. The number of carbonyl (C=O) groups excluding carboxylic acids is 1. The summed E-state index contributed by atoms with van der Waals surface area (Å²) in [5.74, 6) is 1.11. The smallest absolute Gasteiger partial charge is 0.237 e. The van der Waals surface area contributed by atoms with Crippen molar-refractivity contribution >= 4 is 5.91 Å². The summed E-state index contributed by atoms with van der Waals surface area (Å²) in [6, 6.07) is 0.151. The van der Waals surface area contributed by atoms with Crippen LogP contribution in [0.4, 0.5) is 0 Å². The molecule has 18 heavy (non-hydrogen) atoms. The van der Waals surface area contributed by atoms with E-state index in [1.165, 1.54) is 25.7 Å². The summed E-state index contributed by atoms with van der Waals surface area (Å²) in [7, 11) is 2.02. The monoisotopic (exact) mass is 253 g/mol. The molecule has 0 aromatic carbocycles. The standard InChI is InChI=1S/C14H27N3O/c1-15-9-5-12-6-10-17(11-7-12)13-4-2-3-8-16-14(13)18/h12-13,15H,2-11H2,1H3,(H,16,18). The molecule has 1 amide bonds. The summed E-state index contributed by atoms with van der Waals surface area (Å²) >= 11 is 0. The summed E-state index contributed by atoms with van der Waals surface area (Å²) in [5.41, 5.74) is 0. The first-order valence-electron chi connectivity index (χ1n) is 7.47. The van der Waals surface area contributed by atoms with Crippen molar-refractivity contribution in [1.29, 1.82) is 0 Å². The van der Waals surface area contributed by atoms with E-state index in [-0.39, 0.29) is 11.9 Å².